The lowest BCUT2D eigenvalue weighted by Crippen LogP contribution is -2.33. The van der Waals surface area contributed by atoms with Crippen molar-refractivity contribution in [3.05, 3.63) is 0 Å². The second-order valence-electron chi connectivity index (χ2n) is 2.93. The molecule has 0 bridgehead atoms. The first-order chi connectivity index (χ1) is 4.79. The molecule has 0 aromatic carbocycles. The van der Waals surface area contributed by atoms with E-state index in [1.165, 1.54) is 0 Å². The van der Waals surface area contributed by atoms with Crippen LogP contribution < -0.4 is 0 Å². The van der Waals surface area contributed by atoms with Gasteiger partial charge in [-0.2, -0.15) is 0 Å². The smallest absolute Gasteiger partial charge is 0.225 e. The number of fused-ring (bicyclic) bond motifs is 1. The number of hydrogen-bond acceptors (Lipinski definition) is 2. The lowest BCUT2D eigenvalue weighted by Gasteiger charge is -2.17. The summed E-state index contributed by atoms with van der Waals surface area (Å²) < 4.78 is 5.30. The molecular weight excluding hydrogens is 130 g/mol. The number of carbonyl (C=O) groups is 1. The summed E-state index contributed by atoms with van der Waals surface area (Å²) in [6.07, 6.45) is 1.74. The van der Waals surface area contributed by atoms with Gasteiger partial charge < -0.3 is 9.64 Å². The normalized spacial score (nSPS) is 38.9. The molecule has 2 unspecified atom stereocenters. The van der Waals surface area contributed by atoms with Crippen LogP contribution in [-0.4, -0.2) is 29.7 Å². The van der Waals surface area contributed by atoms with Crippen molar-refractivity contribution in [2.24, 2.45) is 0 Å². The van der Waals surface area contributed by atoms with Crippen LogP contribution in [0, 0.1) is 0 Å². The molecule has 2 atom stereocenters. The quantitative estimate of drug-likeness (QED) is 0.487. The second kappa shape index (κ2) is 1.95. The van der Waals surface area contributed by atoms with Crippen LogP contribution in [0.2, 0.25) is 0 Å². The third-order valence-electron chi connectivity index (χ3n) is 2.29. The molecule has 0 spiro atoms. The molecule has 0 N–H and O–H groups in total. The molecule has 0 aliphatic carbocycles. The van der Waals surface area contributed by atoms with Crippen molar-refractivity contribution in [1.29, 1.82) is 0 Å². The van der Waals surface area contributed by atoms with E-state index in [9.17, 15) is 4.79 Å². The van der Waals surface area contributed by atoms with Crippen LogP contribution in [0.1, 0.15) is 19.8 Å². The number of rotatable bonds is 0. The lowest BCUT2D eigenvalue weighted by molar-refractivity contribution is -0.132. The molecule has 2 rings (SSSR count). The third kappa shape index (κ3) is 0.669. The molecule has 0 aromatic heterocycles. The van der Waals surface area contributed by atoms with Crippen molar-refractivity contribution in [3.8, 4) is 0 Å². The van der Waals surface area contributed by atoms with Crippen LogP contribution in [0.5, 0.6) is 0 Å². The summed E-state index contributed by atoms with van der Waals surface area (Å²) in [5.74, 6) is 0.259. The fourth-order valence-electron chi connectivity index (χ4n) is 1.76. The Morgan fingerprint density at radius 1 is 1.70 bits per heavy atom. The standard InChI is InChI=1S/C7H11NO2/c1-5-8-6(4-10-5)2-3-7(8)9/h5-6H,2-4H2,1H3. The highest BCUT2D eigenvalue weighted by Crippen LogP contribution is 2.27. The first-order valence-corrected chi connectivity index (χ1v) is 3.72. The molecule has 56 valence electrons. The van der Waals surface area contributed by atoms with Gasteiger partial charge >= 0.3 is 0 Å². The van der Waals surface area contributed by atoms with E-state index < -0.39 is 0 Å². The molecule has 2 aliphatic rings. The largest absolute Gasteiger partial charge is 0.356 e. The fourth-order valence-corrected chi connectivity index (χ4v) is 1.76. The summed E-state index contributed by atoms with van der Waals surface area (Å²) in [5.41, 5.74) is 0. The fraction of sp³-hybridized carbons (Fsp3) is 0.857. The Labute approximate surface area is 60.0 Å². The van der Waals surface area contributed by atoms with E-state index in [1.54, 1.807) is 0 Å². The SMILES string of the molecule is CC1OCC2CCC(=O)N21. The molecule has 0 saturated carbocycles. The van der Waals surface area contributed by atoms with Crippen molar-refractivity contribution < 1.29 is 9.53 Å². The minimum Gasteiger partial charge on any atom is -0.356 e. The zero-order valence-electron chi connectivity index (χ0n) is 6.04. The van der Waals surface area contributed by atoms with Crippen molar-refractivity contribution in [1.82, 2.24) is 4.90 Å². The van der Waals surface area contributed by atoms with E-state index in [0.29, 0.717) is 6.04 Å². The Hall–Kier alpha value is -0.570. The Balaban J connectivity index is 2.19. The minimum atomic E-state index is 0.0278. The molecule has 3 heteroatoms. The predicted molar refractivity (Wildman–Crippen MR) is 35.3 cm³/mol. The van der Waals surface area contributed by atoms with Crippen LogP contribution in [0.3, 0.4) is 0 Å². The van der Waals surface area contributed by atoms with E-state index in [-0.39, 0.29) is 12.1 Å². The van der Waals surface area contributed by atoms with E-state index in [0.717, 1.165) is 19.4 Å². The Morgan fingerprint density at radius 2 is 2.50 bits per heavy atom. The molecule has 3 nitrogen and oxygen atoms in total. The van der Waals surface area contributed by atoms with Gasteiger partial charge in [-0.1, -0.05) is 0 Å². The maximum atomic E-state index is 11.1. The van der Waals surface area contributed by atoms with Gasteiger partial charge in [0, 0.05) is 6.42 Å². The number of ether oxygens (including phenoxy) is 1. The first-order valence-electron chi connectivity index (χ1n) is 3.72. The van der Waals surface area contributed by atoms with Gasteiger partial charge in [0.1, 0.15) is 6.23 Å². The number of nitrogens with zero attached hydrogens (tertiary/aromatic N) is 1. The zero-order chi connectivity index (χ0) is 7.14. The topological polar surface area (TPSA) is 29.5 Å². The van der Waals surface area contributed by atoms with Gasteiger partial charge in [0.15, 0.2) is 0 Å². The molecular formula is C7H11NO2. The maximum absolute atomic E-state index is 11.1. The predicted octanol–water partition coefficient (Wildman–Crippen LogP) is 0.354. The van der Waals surface area contributed by atoms with Crippen molar-refractivity contribution in [2.75, 3.05) is 6.61 Å². The van der Waals surface area contributed by atoms with Gasteiger partial charge in [-0.25, -0.2) is 0 Å². The van der Waals surface area contributed by atoms with Crippen molar-refractivity contribution >= 4 is 5.91 Å². The minimum absolute atomic E-state index is 0.0278. The van der Waals surface area contributed by atoms with Gasteiger partial charge in [-0.15, -0.1) is 0 Å². The summed E-state index contributed by atoms with van der Waals surface area (Å²) in [6.45, 7) is 2.68. The van der Waals surface area contributed by atoms with Gasteiger partial charge in [-0.05, 0) is 13.3 Å². The van der Waals surface area contributed by atoms with Crippen LogP contribution in [0.15, 0.2) is 0 Å². The average molecular weight is 141 g/mol. The maximum Gasteiger partial charge on any atom is 0.225 e. The molecule has 2 aliphatic heterocycles. The number of carbonyl (C=O) groups excluding carboxylic acids is 1. The van der Waals surface area contributed by atoms with Crippen LogP contribution in [0.25, 0.3) is 0 Å². The summed E-state index contributed by atoms with van der Waals surface area (Å²) >= 11 is 0. The molecule has 2 fully saturated rings. The van der Waals surface area contributed by atoms with Gasteiger partial charge in [0.25, 0.3) is 0 Å². The summed E-state index contributed by atoms with van der Waals surface area (Å²) in [7, 11) is 0. The van der Waals surface area contributed by atoms with E-state index in [1.807, 2.05) is 11.8 Å². The molecule has 0 radical (unpaired) electrons. The van der Waals surface area contributed by atoms with E-state index >= 15 is 0 Å². The lowest BCUT2D eigenvalue weighted by atomic mass is 10.2. The van der Waals surface area contributed by atoms with Crippen LogP contribution in [-0.2, 0) is 9.53 Å². The number of amides is 1. The Morgan fingerprint density at radius 3 is 3.20 bits per heavy atom. The van der Waals surface area contributed by atoms with Crippen molar-refractivity contribution in [3.63, 3.8) is 0 Å². The highest BCUT2D eigenvalue weighted by molar-refractivity contribution is 5.79. The van der Waals surface area contributed by atoms with E-state index in [2.05, 4.69) is 0 Å². The highest BCUT2D eigenvalue weighted by Gasteiger charge is 2.39. The summed E-state index contributed by atoms with van der Waals surface area (Å²) in [5, 5.41) is 0. The third-order valence-corrected chi connectivity index (χ3v) is 2.29. The van der Waals surface area contributed by atoms with Crippen LogP contribution >= 0.6 is 0 Å². The van der Waals surface area contributed by atoms with Gasteiger partial charge in [0.2, 0.25) is 5.91 Å². The molecule has 1 amide bonds. The molecule has 2 heterocycles. The highest BCUT2D eigenvalue weighted by atomic mass is 16.5. The number of hydrogen-bond donors (Lipinski definition) is 0. The molecule has 2 saturated heterocycles. The van der Waals surface area contributed by atoms with E-state index in [4.69, 9.17) is 4.74 Å². The van der Waals surface area contributed by atoms with Gasteiger partial charge in [-0.3, -0.25) is 4.79 Å². The first kappa shape index (κ1) is 6.16. The molecule has 0 aromatic rings. The van der Waals surface area contributed by atoms with Gasteiger partial charge in [0.05, 0.1) is 12.6 Å². The zero-order valence-corrected chi connectivity index (χ0v) is 6.04. The second-order valence-corrected chi connectivity index (χ2v) is 2.93. The monoisotopic (exact) mass is 141 g/mol. The summed E-state index contributed by atoms with van der Waals surface area (Å²) in [6, 6.07) is 0.391. The van der Waals surface area contributed by atoms with Crippen molar-refractivity contribution in [2.45, 2.75) is 32.0 Å². The summed E-state index contributed by atoms with van der Waals surface area (Å²) in [4.78, 5) is 13.0. The average Bonchev–Trinajstić information content (AvgIpc) is 2.40. The molecule has 10 heavy (non-hydrogen) atoms. The Bertz CT molecular complexity index is 169. The van der Waals surface area contributed by atoms with Crippen LogP contribution in [0.4, 0.5) is 0 Å². The Kier molecular flexibility index (Phi) is 1.20.